The third-order valence-electron chi connectivity index (χ3n) is 3.88. The van der Waals surface area contributed by atoms with Crippen LogP contribution in [0.15, 0.2) is 54.6 Å². The van der Waals surface area contributed by atoms with Crippen molar-refractivity contribution in [2.24, 2.45) is 0 Å². The second-order valence-electron chi connectivity index (χ2n) is 5.59. The molecular weight excluding hydrogens is 316 g/mol. The maximum Gasteiger partial charge on any atom is 0.411 e. The highest BCUT2D eigenvalue weighted by molar-refractivity contribution is 5.84. The molecule has 0 bridgehead atoms. The lowest BCUT2D eigenvalue weighted by Gasteiger charge is -2.18. The SMILES string of the molecule is CCN(CC)CCOc1ccc(NC(=O)OCc2ccccc2)cc1. The number of hydrogen-bond donors (Lipinski definition) is 1. The number of nitrogens with one attached hydrogen (secondary N) is 1. The molecule has 1 N–H and O–H groups in total. The zero-order valence-electron chi connectivity index (χ0n) is 14.9. The largest absolute Gasteiger partial charge is 0.492 e. The summed E-state index contributed by atoms with van der Waals surface area (Å²) in [5.41, 5.74) is 1.63. The Kier molecular flexibility index (Phi) is 7.79. The highest BCUT2D eigenvalue weighted by atomic mass is 16.5. The summed E-state index contributed by atoms with van der Waals surface area (Å²) in [5.74, 6) is 0.787. The van der Waals surface area contributed by atoms with Crippen molar-refractivity contribution in [1.29, 1.82) is 0 Å². The molecule has 0 saturated heterocycles. The summed E-state index contributed by atoms with van der Waals surface area (Å²) < 4.78 is 10.9. The van der Waals surface area contributed by atoms with Crippen molar-refractivity contribution in [1.82, 2.24) is 4.90 Å². The number of amides is 1. The average Bonchev–Trinajstić information content (AvgIpc) is 2.66. The molecular formula is C20H26N2O3. The first-order valence-corrected chi connectivity index (χ1v) is 8.64. The van der Waals surface area contributed by atoms with Crippen molar-refractivity contribution in [2.75, 3.05) is 31.6 Å². The van der Waals surface area contributed by atoms with E-state index in [0.29, 0.717) is 12.3 Å². The lowest BCUT2D eigenvalue weighted by atomic mass is 10.2. The maximum atomic E-state index is 11.8. The summed E-state index contributed by atoms with van der Waals surface area (Å²) in [6, 6.07) is 16.9. The smallest absolute Gasteiger partial charge is 0.411 e. The van der Waals surface area contributed by atoms with Crippen molar-refractivity contribution >= 4 is 11.8 Å². The van der Waals surface area contributed by atoms with Gasteiger partial charge in [0.1, 0.15) is 19.0 Å². The molecule has 2 aromatic carbocycles. The van der Waals surface area contributed by atoms with Crippen molar-refractivity contribution in [2.45, 2.75) is 20.5 Å². The molecule has 2 rings (SSSR count). The minimum Gasteiger partial charge on any atom is -0.492 e. The first-order chi connectivity index (χ1) is 12.2. The third-order valence-corrected chi connectivity index (χ3v) is 3.88. The summed E-state index contributed by atoms with van der Waals surface area (Å²) >= 11 is 0. The Morgan fingerprint density at radius 2 is 1.68 bits per heavy atom. The molecule has 0 aliphatic rings. The monoisotopic (exact) mass is 342 g/mol. The number of likely N-dealkylation sites (N-methyl/N-ethyl adjacent to an activating group) is 1. The molecule has 134 valence electrons. The lowest BCUT2D eigenvalue weighted by molar-refractivity contribution is 0.155. The molecule has 0 saturated carbocycles. The minimum absolute atomic E-state index is 0.249. The van der Waals surface area contributed by atoms with Crippen LogP contribution in [-0.2, 0) is 11.3 Å². The van der Waals surface area contributed by atoms with Crippen LogP contribution in [0.3, 0.4) is 0 Å². The Balaban J connectivity index is 1.73. The molecule has 0 atom stereocenters. The Hall–Kier alpha value is -2.53. The molecule has 2 aromatic rings. The van der Waals surface area contributed by atoms with E-state index in [4.69, 9.17) is 9.47 Å². The van der Waals surface area contributed by atoms with Gasteiger partial charge in [-0.25, -0.2) is 4.79 Å². The van der Waals surface area contributed by atoms with E-state index in [9.17, 15) is 4.79 Å². The lowest BCUT2D eigenvalue weighted by Crippen LogP contribution is -2.27. The molecule has 5 nitrogen and oxygen atoms in total. The van der Waals surface area contributed by atoms with Crippen LogP contribution in [0.25, 0.3) is 0 Å². The molecule has 0 unspecified atom stereocenters. The molecule has 0 aliphatic heterocycles. The fraction of sp³-hybridized carbons (Fsp3) is 0.350. The van der Waals surface area contributed by atoms with Gasteiger partial charge in [0.25, 0.3) is 0 Å². The summed E-state index contributed by atoms with van der Waals surface area (Å²) in [6.45, 7) is 8.12. The standard InChI is InChI=1S/C20H26N2O3/c1-3-22(4-2)14-15-24-19-12-10-18(11-13-19)21-20(23)25-16-17-8-6-5-7-9-17/h5-13H,3-4,14-16H2,1-2H3,(H,21,23). The van der Waals surface area contributed by atoms with Gasteiger partial charge in [-0.15, -0.1) is 0 Å². The van der Waals surface area contributed by atoms with Crippen LogP contribution in [0.4, 0.5) is 10.5 Å². The van der Waals surface area contributed by atoms with Gasteiger partial charge in [0.2, 0.25) is 0 Å². The summed E-state index contributed by atoms with van der Waals surface area (Å²) in [7, 11) is 0. The number of anilines is 1. The van der Waals surface area contributed by atoms with E-state index in [1.54, 1.807) is 12.1 Å². The second kappa shape index (κ2) is 10.4. The quantitative estimate of drug-likeness (QED) is 0.743. The number of carbonyl (C=O) groups excluding carboxylic acids is 1. The van der Waals surface area contributed by atoms with Crippen LogP contribution < -0.4 is 10.1 Å². The average molecular weight is 342 g/mol. The highest BCUT2D eigenvalue weighted by Gasteiger charge is 2.04. The fourth-order valence-corrected chi connectivity index (χ4v) is 2.34. The van der Waals surface area contributed by atoms with Crippen LogP contribution >= 0.6 is 0 Å². The molecule has 0 heterocycles. The molecule has 1 amide bonds. The van der Waals surface area contributed by atoms with Gasteiger partial charge in [0.15, 0.2) is 0 Å². The number of rotatable bonds is 9. The first-order valence-electron chi connectivity index (χ1n) is 8.64. The number of nitrogens with zero attached hydrogens (tertiary/aromatic N) is 1. The second-order valence-corrected chi connectivity index (χ2v) is 5.59. The van der Waals surface area contributed by atoms with Crippen molar-refractivity contribution in [3.8, 4) is 5.75 Å². The summed E-state index contributed by atoms with van der Waals surface area (Å²) in [6.07, 6.45) is -0.473. The zero-order chi connectivity index (χ0) is 17.9. The Labute approximate surface area is 149 Å². The highest BCUT2D eigenvalue weighted by Crippen LogP contribution is 2.16. The van der Waals surface area contributed by atoms with E-state index in [1.807, 2.05) is 42.5 Å². The normalized spacial score (nSPS) is 10.5. The Morgan fingerprint density at radius 1 is 1.00 bits per heavy atom. The van der Waals surface area contributed by atoms with Crippen LogP contribution in [0.1, 0.15) is 19.4 Å². The van der Waals surface area contributed by atoms with Gasteiger partial charge >= 0.3 is 6.09 Å². The van der Waals surface area contributed by atoms with Crippen molar-refractivity contribution < 1.29 is 14.3 Å². The molecule has 25 heavy (non-hydrogen) atoms. The van der Waals surface area contributed by atoms with Gasteiger partial charge in [-0.1, -0.05) is 44.2 Å². The van der Waals surface area contributed by atoms with E-state index < -0.39 is 6.09 Å². The fourth-order valence-electron chi connectivity index (χ4n) is 2.34. The van der Waals surface area contributed by atoms with Gasteiger partial charge in [0, 0.05) is 12.2 Å². The van der Waals surface area contributed by atoms with E-state index in [0.717, 1.165) is 30.9 Å². The molecule has 0 spiro atoms. The van der Waals surface area contributed by atoms with E-state index in [2.05, 4.69) is 24.1 Å². The number of hydrogen-bond acceptors (Lipinski definition) is 4. The number of ether oxygens (including phenoxy) is 2. The first kappa shape index (κ1) is 18.8. The van der Waals surface area contributed by atoms with E-state index >= 15 is 0 Å². The molecule has 0 aromatic heterocycles. The van der Waals surface area contributed by atoms with Gasteiger partial charge in [-0.05, 0) is 42.9 Å². The third kappa shape index (κ3) is 6.85. The molecule has 0 fully saturated rings. The summed E-state index contributed by atoms with van der Waals surface area (Å²) in [4.78, 5) is 14.1. The summed E-state index contributed by atoms with van der Waals surface area (Å²) in [5, 5.41) is 2.71. The van der Waals surface area contributed by atoms with Crippen LogP contribution in [0.2, 0.25) is 0 Å². The Bertz CT molecular complexity index is 625. The predicted molar refractivity (Wildman–Crippen MR) is 100.0 cm³/mol. The zero-order valence-corrected chi connectivity index (χ0v) is 14.9. The minimum atomic E-state index is -0.473. The van der Waals surface area contributed by atoms with Crippen molar-refractivity contribution in [3.05, 3.63) is 60.2 Å². The van der Waals surface area contributed by atoms with Gasteiger partial charge in [-0.3, -0.25) is 5.32 Å². The number of carbonyl (C=O) groups is 1. The number of benzene rings is 2. The predicted octanol–water partition coefficient (Wildman–Crippen LogP) is 4.16. The Morgan fingerprint density at radius 3 is 2.32 bits per heavy atom. The van der Waals surface area contributed by atoms with Crippen LogP contribution in [0, 0.1) is 0 Å². The topological polar surface area (TPSA) is 50.8 Å². The van der Waals surface area contributed by atoms with Crippen LogP contribution in [-0.4, -0.2) is 37.2 Å². The molecule has 5 heteroatoms. The van der Waals surface area contributed by atoms with Gasteiger partial charge < -0.3 is 14.4 Å². The van der Waals surface area contributed by atoms with Crippen molar-refractivity contribution in [3.63, 3.8) is 0 Å². The van der Waals surface area contributed by atoms with E-state index in [1.165, 1.54) is 0 Å². The van der Waals surface area contributed by atoms with Crippen LogP contribution in [0.5, 0.6) is 5.75 Å². The molecule has 0 radical (unpaired) electrons. The van der Waals surface area contributed by atoms with Gasteiger partial charge in [0.05, 0.1) is 0 Å². The van der Waals surface area contributed by atoms with Gasteiger partial charge in [-0.2, -0.15) is 0 Å². The molecule has 0 aliphatic carbocycles. The maximum absolute atomic E-state index is 11.8. The van der Waals surface area contributed by atoms with E-state index in [-0.39, 0.29) is 6.61 Å².